The molecule has 1 aliphatic rings. The van der Waals surface area contributed by atoms with E-state index in [2.05, 4.69) is 4.74 Å². The van der Waals surface area contributed by atoms with Gasteiger partial charge in [-0.25, -0.2) is 4.79 Å². The van der Waals surface area contributed by atoms with Gasteiger partial charge in [0.1, 0.15) is 18.1 Å². The fourth-order valence-electron chi connectivity index (χ4n) is 2.13. The molecule has 2 rings (SSSR count). The van der Waals surface area contributed by atoms with Gasteiger partial charge in [0, 0.05) is 31.1 Å². The third kappa shape index (κ3) is 4.37. The lowest BCUT2D eigenvalue weighted by molar-refractivity contribution is -0.136. The number of carbonyl (C=O) groups is 1. The largest absolute Gasteiger partial charge is 0.512 e. The fraction of sp³-hybridized carbons (Fsp3) is 0.400. The first-order valence-electron chi connectivity index (χ1n) is 6.70. The molecule has 0 aromatic heterocycles. The van der Waals surface area contributed by atoms with Crippen LogP contribution in [0.4, 0.5) is 0 Å². The molecule has 0 bridgehead atoms. The van der Waals surface area contributed by atoms with Crippen molar-refractivity contribution in [2.45, 2.75) is 6.42 Å². The number of benzene rings is 1. The average Bonchev–Trinajstić information content (AvgIpc) is 2.50. The standard InChI is InChI=1S/C15H18ClNO4/c1-20-15(19)13-10-17(7-6-14(13)18)8-9-21-12-4-2-11(16)3-5-12/h2-5,18H,6-10H2,1H3. The van der Waals surface area contributed by atoms with Gasteiger partial charge in [0.25, 0.3) is 0 Å². The molecule has 0 amide bonds. The number of esters is 1. The van der Waals surface area contributed by atoms with Crippen LogP contribution in [0.5, 0.6) is 5.75 Å². The summed E-state index contributed by atoms with van der Waals surface area (Å²) in [6.45, 7) is 2.23. The third-order valence-electron chi connectivity index (χ3n) is 3.32. The van der Waals surface area contributed by atoms with Gasteiger partial charge in [0.2, 0.25) is 0 Å². The van der Waals surface area contributed by atoms with E-state index in [-0.39, 0.29) is 5.76 Å². The first-order valence-corrected chi connectivity index (χ1v) is 7.08. The van der Waals surface area contributed by atoms with E-state index in [1.807, 2.05) is 17.0 Å². The van der Waals surface area contributed by atoms with Crippen molar-refractivity contribution in [3.05, 3.63) is 40.6 Å². The molecule has 0 spiro atoms. The average molecular weight is 312 g/mol. The molecule has 1 heterocycles. The first-order chi connectivity index (χ1) is 10.1. The van der Waals surface area contributed by atoms with Gasteiger partial charge in [-0.3, -0.25) is 4.90 Å². The Morgan fingerprint density at radius 1 is 1.38 bits per heavy atom. The number of rotatable bonds is 5. The molecule has 0 aliphatic carbocycles. The molecule has 1 N–H and O–H groups in total. The SMILES string of the molecule is COC(=O)C1=C(O)CCN(CCOc2ccc(Cl)cc2)C1. The summed E-state index contributed by atoms with van der Waals surface area (Å²) in [7, 11) is 1.31. The van der Waals surface area contributed by atoms with Crippen LogP contribution in [0.2, 0.25) is 5.02 Å². The van der Waals surface area contributed by atoms with Gasteiger partial charge in [-0.1, -0.05) is 11.6 Å². The fourth-order valence-corrected chi connectivity index (χ4v) is 2.25. The molecule has 114 valence electrons. The van der Waals surface area contributed by atoms with E-state index < -0.39 is 5.97 Å². The number of hydrogen-bond donors (Lipinski definition) is 1. The molecule has 1 aromatic rings. The normalized spacial score (nSPS) is 15.9. The number of halogens is 1. The summed E-state index contributed by atoms with van der Waals surface area (Å²) in [5, 5.41) is 10.4. The summed E-state index contributed by atoms with van der Waals surface area (Å²) < 4.78 is 10.3. The Morgan fingerprint density at radius 3 is 2.76 bits per heavy atom. The summed E-state index contributed by atoms with van der Waals surface area (Å²) in [5.41, 5.74) is 0.329. The number of ether oxygens (including phenoxy) is 2. The smallest absolute Gasteiger partial charge is 0.338 e. The highest BCUT2D eigenvalue weighted by Crippen LogP contribution is 2.18. The Balaban J connectivity index is 1.82. The molecule has 1 aliphatic heterocycles. The zero-order valence-corrected chi connectivity index (χ0v) is 12.6. The minimum atomic E-state index is -0.476. The molecular weight excluding hydrogens is 294 g/mol. The van der Waals surface area contributed by atoms with Crippen LogP contribution < -0.4 is 4.74 Å². The van der Waals surface area contributed by atoms with Crippen molar-refractivity contribution >= 4 is 17.6 Å². The molecule has 0 radical (unpaired) electrons. The predicted octanol–water partition coefficient (Wildman–Crippen LogP) is 2.41. The summed E-state index contributed by atoms with van der Waals surface area (Å²) in [5.74, 6) is 0.399. The molecule has 1 aromatic carbocycles. The summed E-state index contributed by atoms with van der Waals surface area (Å²) in [6.07, 6.45) is 0.450. The highest BCUT2D eigenvalue weighted by atomic mass is 35.5. The molecule has 0 fully saturated rings. The van der Waals surface area contributed by atoms with Crippen molar-refractivity contribution in [2.75, 3.05) is 33.4 Å². The Morgan fingerprint density at radius 2 is 2.10 bits per heavy atom. The van der Waals surface area contributed by atoms with Crippen molar-refractivity contribution in [3.63, 3.8) is 0 Å². The van der Waals surface area contributed by atoms with Gasteiger partial charge in [-0.2, -0.15) is 0 Å². The van der Waals surface area contributed by atoms with Crippen LogP contribution >= 0.6 is 11.6 Å². The Bertz CT molecular complexity index is 527. The van der Waals surface area contributed by atoms with E-state index in [1.165, 1.54) is 7.11 Å². The quantitative estimate of drug-likeness (QED) is 0.846. The molecule has 0 unspecified atom stereocenters. The van der Waals surface area contributed by atoms with Crippen LogP contribution in [0.15, 0.2) is 35.6 Å². The van der Waals surface area contributed by atoms with Crippen LogP contribution in [0.1, 0.15) is 6.42 Å². The third-order valence-corrected chi connectivity index (χ3v) is 3.57. The van der Waals surface area contributed by atoms with E-state index in [0.717, 1.165) is 5.75 Å². The molecule has 0 atom stereocenters. The van der Waals surface area contributed by atoms with Crippen molar-refractivity contribution in [1.82, 2.24) is 4.90 Å². The van der Waals surface area contributed by atoms with Crippen LogP contribution in [0.25, 0.3) is 0 Å². The summed E-state index contributed by atoms with van der Waals surface area (Å²) >= 11 is 5.80. The summed E-state index contributed by atoms with van der Waals surface area (Å²) in [4.78, 5) is 13.6. The number of aliphatic hydroxyl groups excluding tert-OH is 1. The van der Waals surface area contributed by atoms with Gasteiger partial charge in [-0.15, -0.1) is 0 Å². The van der Waals surface area contributed by atoms with Crippen LogP contribution in [-0.4, -0.2) is 49.3 Å². The van der Waals surface area contributed by atoms with E-state index in [0.29, 0.717) is 43.3 Å². The second-order valence-electron chi connectivity index (χ2n) is 4.75. The van der Waals surface area contributed by atoms with Crippen LogP contribution in [0.3, 0.4) is 0 Å². The number of nitrogens with zero attached hydrogens (tertiary/aromatic N) is 1. The highest BCUT2D eigenvalue weighted by molar-refractivity contribution is 6.30. The van der Waals surface area contributed by atoms with Crippen molar-refractivity contribution in [2.24, 2.45) is 0 Å². The van der Waals surface area contributed by atoms with Gasteiger partial charge < -0.3 is 14.6 Å². The number of aliphatic hydroxyl groups is 1. The maximum absolute atomic E-state index is 11.5. The molecule has 6 heteroatoms. The lowest BCUT2D eigenvalue weighted by atomic mass is 10.1. The van der Waals surface area contributed by atoms with Gasteiger partial charge in [0.15, 0.2) is 0 Å². The zero-order valence-electron chi connectivity index (χ0n) is 11.8. The Labute approximate surface area is 128 Å². The van der Waals surface area contributed by atoms with Crippen molar-refractivity contribution < 1.29 is 19.4 Å². The second-order valence-corrected chi connectivity index (χ2v) is 5.18. The van der Waals surface area contributed by atoms with Crippen LogP contribution in [0, 0.1) is 0 Å². The second kappa shape index (κ2) is 7.33. The first kappa shape index (κ1) is 15.7. The topological polar surface area (TPSA) is 59.0 Å². The van der Waals surface area contributed by atoms with E-state index in [4.69, 9.17) is 16.3 Å². The minimum absolute atomic E-state index is 0.122. The van der Waals surface area contributed by atoms with Gasteiger partial charge in [-0.05, 0) is 24.3 Å². The highest BCUT2D eigenvalue weighted by Gasteiger charge is 2.24. The monoisotopic (exact) mass is 311 g/mol. The lowest BCUT2D eigenvalue weighted by Gasteiger charge is -2.27. The Hall–Kier alpha value is -1.72. The Kier molecular flexibility index (Phi) is 5.47. The molecule has 5 nitrogen and oxygen atoms in total. The van der Waals surface area contributed by atoms with Crippen LogP contribution in [-0.2, 0) is 9.53 Å². The number of hydrogen-bond acceptors (Lipinski definition) is 5. The molecule has 0 saturated carbocycles. The maximum Gasteiger partial charge on any atom is 0.338 e. The summed E-state index contributed by atoms with van der Waals surface area (Å²) in [6, 6.07) is 7.16. The minimum Gasteiger partial charge on any atom is -0.512 e. The predicted molar refractivity (Wildman–Crippen MR) is 79.7 cm³/mol. The molecule has 21 heavy (non-hydrogen) atoms. The van der Waals surface area contributed by atoms with Crippen molar-refractivity contribution in [3.8, 4) is 5.75 Å². The number of methoxy groups -OCH3 is 1. The van der Waals surface area contributed by atoms with Crippen molar-refractivity contribution in [1.29, 1.82) is 0 Å². The van der Waals surface area contributed by atoms with Gasteiger partial charge >= 0.3 is 5.97 Å². The van der Waals surface area contributed by atoms with Gasteiger partial charge in [0.05, 0.1) is 12.7 Å². The van der Waals surface area contributed by atoms with E-state index >= 15 is 0 Å². The molecular formula is C15H18ClNO4. The maximum atomic E-state index is 11.5. The molecule has 0 saturated heterocycles. The van der Waals surface area contributed by atoms with E-state index in [1.54, 1.807) is 12.1 Å². The zero-order chi connectivity index (χ0) is 15.2. The number of carbonyl (C=O) groups excluding carboxylic acids is 1. The lowest BCUT2D eigenvalue weighted by Crippen LogP contribution is -2.37. The van der Waals surface area contributed by atoms with E-state index in [9.17, 15) is 9.90 Å².